The molecular formula is C13H16N2O4S2. The molecule has 6 nitrogen and oxygen atoms in total. The summed E-state index contributed by atoms with van der Waals surface area (Å²) >= 11 is 0. The molecule has 0 aliphatic carbocycles. The molecule has 8 heteroatoms. The van der Waals surface area contributed by atoms with Crippen LogP contribution in [-0.2, 0) is 20.0 Å². The van der Waals surface area contributed by atoms with Gasteiger partial charge >= 0.3 is 0 Å². The second-order valence-corrected chi connectivity index (χ2v) is 8.16. The van der Waals surface area contributed by atoms with Crippen LogP contribution in [0.1, 0.15) is 5.56 Å². The third-order valence-corrected chi connectivity index (χ3v) is 6.35. The minimum atomic E-state index is -3.69. The van der Waals surface area contributed by atoms with Crippen molar-refractivity contribution in [1.29, 1.82) is 0 Å². The molecule has 2 aromatic carbocycles. The fourth-order valence-corrected chi connectivity index (χ4v) is 4.32. The molecule has 21 heavy (non-hydrogen) atoms. The van der Waals surface area contributed by atoms with Crippen LogP contribution in [0.15, 0.2) is 40.1 Å². The van der Waals surface area contributed by atoms with E-state index in [0.717, 1.165) is 0 Å². The highest BCUT2D eigenvalue weighted by Crippen LogP contribution is 2.30. The van der Waals surface area contributed by atoms with Crippen molar-refractivity contribution in [2.75, 3.05) is 14.1 Å². The van der Waals surface area contributed by atoms with Crippen LogP contribution in [0, 0.1) is 6.92 Å². The number of nitrogens with one attached hydrogen (secondary N) is 2. The Bertz CT molecular complexity index is 903. The first kappa shape index (κ1) is 15.9. The highest BCUT2D eigenvalue weighted by molar-refractivity contribution is 7.90. The predicted molar refractivity (Wildman–Crippen MR) is 81.2 cm³/mol. The van der Waals surface area contributed by atoms with Gasteiger partial charge in [-0.1, -0.05) is 24.3 Å². The van der Waals surface area contributed by atoms with E-state index in [1.165, 1.54) is 26.2 Å². The fraction of sp³-hybridized carbons (Fsp3) is 0.231. The van der Waals surface area contributed by atoms with Crippen molar-refractivity contribution >= 4 is 30.8 Å². The van der Waals surface area contributed by atoms with Crippen LogP contribution in [0.3, 0.4) is 0 Å². The lowest BCUT2D eigenvalue weighted by Crippen LogP contribution is -2.21. The van der Waals surface area contributed by atoms with Crippen molar-refractivity contribution in [3.05, 3.63) is 35.9 Å². The number of fused-ring (bicyclic) bond motifs is 1. The van der Waals surface area contributed by atoms with Crippen molar-refractivity contribution < 1.29 is 16.8 Å². The number of benzene rings is 2. The maximum atomic E-state index is 12.2. The molecule has 0 fully saturated rings. The van der Waals surface area contributed by atoms with E-state index in [1.54, 1.807) is 25.1 Å². The molecule has 0 unspecified atom stereocenters. The average Bonchev–Trinajstić information content (AvgIpc) is 2.45. The summed E-state index contributed by atoms with van der Waals surface area (Å²) in [5, 5.41) is 0.743. The van der Waals surface area contributed by atoms with Crippen molar-refractivity contribution in [1.82, 2.24) is 9.44 Å². The highest BCUT2D eigenvalue weighted by Gasteiger charge is 2.22. The lowest BCUT2D eigenvalue weighted by atomic mass is 10.1. The van der Waals surface area contributed by atoms with E-state index in [2.05, 4.69) is 9.44 Å². The van der Waals surface area contributed by atoms with Crippen LogP contribution < -0.4 is 9.44 Å². The number of sulfonamides is 2. The summed E-state index contributed by atoms with van der Waals surface area (Å²) in [6, 6.07) is 7.78. The van der Waals surface area contributed by atoms with E-state index in [-0.39, 0.29) is 9.79 Å². The molecule has 2 N–H and O–H groups in total. The molecule has 0 saturated carbocycles. The van der Waals surface area contributed by atoms with E-state index < -0.39 is 20.0 Å². The molecule has 0 heterocycles. The molecule has 2 rings (SSSR count). The number of hydrogen-bond acceptors (Lipinski definition) is 4. The Kier molecular flexibility index (Phi) is 4.07. The average molecular weight is 328 g/mol. The van der Waals surface area contributed by atoms with Gasteiger partial charge in [-0.3, -0.25) is 0 Å². The molecular weight excluding hydrogens is 312 g/mol. The summed E-state index contributed by atoms with van der Waals surface area (Å²) in [5.74, 6) is 0. The van der Waals surface area contributed by atoms with E-state index in [4.69, 9.17) is 0 Å². The Labute approximate surface area is 124 Å². The molecule has 0 aliphatic heterocycles. The van der Waals surface area contributed by atoms with Crippen molar-refractivity contribution in [3.63, 3.8) is 0 Å². The maximum absolute atomic E-state index is 12.2. The lowest BCUT2D eigenvalue weighted by molar-refractivity contribution is 0.586. The highest BCUT2D eigenvalue weighted by atomic mass is 32.2. The summed E-state index contributed by atoms with van der Waals surface area (Å²) in [6.45, 7) is 1.67. The minimum absolute atomic E-state index is 0.0510. The Balaban J connectivity index is 2.99. The van der Waals surface area contributed by atoms with Crippen LogP contribution in [0.4, 0.5) is 0 Å². The van der Waals surface area contributed by atoms with Crippen molar-refractivity contribution in [2.45, 2.75) is 16.7 Å². The molecule has 0 saturated heterocycles. The van der Waals surface area contributed by atoms with Gasteiger partial charge in [-0.25, -0.2) is 26.3 Å². The van der Waals surface area contributed by atoms with Gasteiger partial charge in [-0.15, -0.1) is 0 Å². The second-order valence-electron chi connectivity index (χ2n) is 4.48. The summed E-state index contributed by atoms with van der Waals surface area (Å²) in [4.78, 5) is 0.144. The molecule has 0 aliphatic rings. The summed E-state index contributed by atoms with van der Waals surface area (Å²) in [7, 11) is -4.73. The van der Waals surface area contributed by atoms with Crippen LogP contribution in [0.2, 0.25) is 0 Å². The van der Waals surface area contributed by atoms with Gasteiger partial charge in [0, 0.05) is 10.8 Å². The normalized spacial score (nSPS) is 12.7. The second kappa shape index (κ2) is 5.38. The van der Waals surface area contributed by atoms with Crippen molar-refractivity contribution in [3.8, 4) is 0 Å². The van der Waals surface area contributed by atoms with E-state index in [0.29, 0.717) is 16.3 Å². The van der Waals surface area contributed by atoms with Gasteiger partial charge < -0.3 is 0 Å². The summed E-state index contributed by atoms with van der Waals surface area (Å²) < 4.78 is 53.0. The van der Waals surface area contributed by atoms with Gasteiger partial charge in [0.05, 0.1) is 9.79 Å². The maximum Gasteiger partial charge on any atom is 0.241 e. The Hall–Kier alpha value is -1.48. The number of aryl methyl sites for hydroxylation is 1. The Morgan fingerprint density at radius 1 is 0.810 bits per heavy atom. The predicted octanol–water partition coefficient (Wildman–Crippen LogP) is 0.964. The summed E-state index contributed by atoms with van der Waals surface area (Å²) in [6.07, 6.45) is 0. The number of rotatable bonds is 4. The van der Waals surface area contributed by atoms with Gasteiger partial charge in [0.25, 0.3) is 0 Å². The van der Waals surface area contributed by atoms with E-state index in [1.807, 2.05) is 0 Å². The standard InChI is InChI=1S/C13H16N2O4S2/c1-9-7-8-10-11(13(9)21(18,19)15-3)5-4-6-12(10)20(16,17)14-2/h4-8,14-15H,1-3H3. The largest absolute Gasteiger partial charge is 0.241 e. The van der Waals surface area contributed by atoms with Gasteiger partial charge in [0.2, 0.25) is 20.0 Å². The SMILES string of the molecule is CNS(=O)(=O)c1cccc2c(S(=O)(=O)NC)c(C)ccc12. The van der Waals surface area contributed by atoms with Gasteiger partial charge in [0.1, 0.15) is 0 Å². The molecule has 2 aromatic rings. The molecule has 0 radical (unpaired) electrons. The van der Waals surface area contributed by atoms with Crippen LogP contribution in [0.25, 0.3) is 10.8 Å². The van der Waals surface area contributed by atoms with Crippen LogP contribution in [-0.4, -0.2) is 30.9 Å². The minimum Gasteiger partial charge on any atom is -0.214 e. The first-order valence-electron chi connectivity index (χ1n) is 6.14. The zero-order valence-electron chi connectivity index (χ0n) is 11.8. The molecule has 0 atom stereocenters. The molecule has 0 aromatic heterocycles. The fourth-order valence-electron chi connectivity index (χ4n) is 2.21. The Morgan fingerprint density at radius 3 is 2.00 bits per heavy atom. The zero-order valence-corrected chi connectivity index (χ0v) is 13.5. The molecule has 0 spiro atoms. The monoisotopic (exact) mass is 328 g/mol. The molecule has 0 amide bonds. The lowest BCUT2D eigenvalue weighted by Gasteiger charge is -2.13. The summed E-state index contributed by atoms with van der Waals surface area (Å²) in [5.41, 5.74) is 0.552. The zero-order chi connectivity index (χ0) is 15.8. The van der Waals surface area contributed by atoms with Crippen LogP contribution >= 0.6 is 0 Å². The van der Waals surface area contributed by atoms with Crippen LogP contribution in [0.5, 0.6) is 0 Å². The third-order valence-electron chi connectivity index (χ3n) is 3.26. The van der Waals surface area contributed by atoms with Gasteiger partial charge in [0.15, 0.2) is 0 Å². The third kappa shape index (κ3) is 2.67. The molecule has 114 valence electrons. The number of hydrogen-bond donors (Lipinski definition) is 2. The van der Waals surface area contributed by atoms with E-state index >= 15 is 0 Å². The topological polar surface area (TPSA) is 92.3 Å². The Morgan fingerprint density at radius 2 is 1.43 bits per heavy atom. The van der Waals surface area contributed by atoms with Gasteiger partial charge in [-0.05, 0) is 32.6 Å². The van der Waals surface area contributed by atoms with Gasteiger partial charge in [-0.2, -0.15) is 0 Å². The first-order valence-corrected chi connectivity index (χ1v) is 9.10. The molecule has 0 bridgehead atoms. The van der Waals surface area contributed by atoms with Crippen molar-refractivity contribution in [2.24, 2.45) is 0 Å². The smallest absolute Gasteiger partial charge is 0.214 e. The first-order chi connectivity index (χ1) is 9.74. The quantitative estimate of drug-likeness (QED) is 0.874. The van der Waals surface area contributed by atoms with E-state index in [9.17, 15) is 16.8 Å².